The van der Waals surface area contributed by atoms with Gasteiger partial charge >= 0.3 is 5.69 Å². The van der Waals surface area contributed by atoms with Gasteiger partial charge in [-0.3, -0.25) is 4.98 Å². The summed E-state index contributed by atoms with van der Waals surface area (Å²) in [5, 5.41) is 4.89. The lowest BCUT2D eigenvalue weighted by molar-refractivity contribution is 0.740. The number of aryl methyl sites for hydroxylation is 1. The van der Waals surface area contributed by atoms with Crippen molar-refractivity contribution in [1.82, 2.24) is 14.8 Å². The lowest BCUT2D eigenvalue weighted by Gasteiger charge is -1.98. The molecule has 0 aliphatic heterocycles. The number of nitrogens with zero attached hydrogens (tertiary/aromatic N) is 2. The number of rotatable bonds is 4. The standard InChI is InChI=1S/C12H14ClN3O/c1-2-3-4-11-14-12(17)16(15-11)10-7-5-9(13)6-8-10/h5-8H,2-4H2,1H3,(H,14,15,17). The van der Waals surface area contributed by atoms with Crippen LogP contribution in [-0.2, 0) is 6.42 Å². The first-order valence-electron chi connectivity index (χ1n) is 5.65. The zero-order valence-electron chi connectivity index (χ0n) is 9.61. The highest BCUT2D eigenvalue weighted by atomic mass is 35.5. The summed E-state index contributed by atoms with van der Waals surface area (Å²) in [4.78, 5) is 14.5. The molecule has 0 bridgehead atoms. The van der Waals surface area contributed by atoms with E-state index in [-0.39, 0.29) is 5.69 Å². The Kier molecular flexibility index (Phi) is 3.64. The van der Waals surface area contributed by atoms with Crippen LogP contribution >= 0.6 is 11.6 Å². The van der Waals surface area contributed by atoms with Crippen molar-refractivity contribution in [2.24, 2.45) is 0 Å². The summed E-state index contributed by atoms with van der Waals surface area (Å²) >= 11 is 5.80. The van der Waals surface area contributed by atoms with Crippen LogP contribution in [0.4, 0.5) is 0 Å². The maximum Gasteiger partial charge on any atom is 0.348 e. The van der Waals surface area contributed by atoms with E-state index in [1.807, 2.05) is 0 Å². The SMILES string of the molecule is CCCCc1nn(-c2ccc(Cl)cc2)c(=O)[nH]1. The lowest BCUT2D eigenvalue weighted by atomic mass is 10.2. The first-order valence-corrected chi connectivity index (χ1v) is 6.02. The molecule has 1 aromatic heterocycles. The number of halogens is 1. The van der Waals surface area contributed by atoms with Crippen molar-refractivity contribution in [1.29, 1.82) is 0 Å². The molecule has 0 saturated carbocycles. The molecule has 5 heteroatoms. The predicted octanol–water partition coefficient (Wildman–Crippen LogP) is 2.56. The highest BCUT2D eigenvalue weighted by Gasteiger charge is 2.06. The van der Waals surface area contributed by atoms with Gasteiger partial charge in [0.1, 0.15) is 5.82 Å². The summed E-state index contributed by atoms with van der Waals surface area (Å²) in [6.45, 7) is 2.11. The molecule has 0 aliphatic rings. The Labute approximate surface area is 104 Å². The maximum atomic E-state index is 11.7. The van der Waals surface area contributed by atoms with Crippen LogP contribution in [0.25, 0.3) is 5.69 Å². The molecule has 2 aromatic rings. The molecule has 1 aromatic carbocycles. The third-order valence-corrected chi connectivity index (χ3v) is 2.75. The van der Waals surface area contributed by atoms with Gasteiger partial charge in [-0.2, -0.15) is 9.78 Å². The van der Waals surface area contributed by atoms with E-state index in [1.165, 1.54) is 4.68 Å². The fourth-order valence-corrected chi connectivity index (χ4v) is 1.71. The minimum atomic E-state index is -0.210. The Morgan fingerprint density at radius 3 is 2.71 bits per heavy atom. The van der Waals surface area contributed by atoms with Gasteiger partial charge in [0.15, 0.2) is 0 Å². The highest BCUT2D eigenvalue weighted by molar-refractivity contribution is 6.30. The average Bonchev–Trinajstić information content (AvgIpc) is 2.69. The average molecular weight is 252 g/mol. The van der Waals surface area contributed by atoms with Crippen LogP contribution in [0.1, 0.15) is 25.6 Å². The van der Waals surface area contributed by atoms with E-state index in [9.17, 15) is 4.79 Å². The van der Waals surface area contributed by atoms with Gasteiger partial charge in [-0.25, -0.2) is 4.79 Å². The number of hydrogen-bond donors (Lipinski definition) is 1. The second kappa shape index (κ2) is 5.19. The van der Waals surface area contributed by atoms with Crippen molar-refractivity contribution in [2.45, 2.75) is 26.2 Å². The molecule has 0 saturated heterocycles. The molecule has 4 nitrogen and oxygen atoms in total. The third kappa shape index (κ3) is 2.77. The number of aromatic amines is 1. The van der Waals surface area contributed by atoms with E-state index in [2.05, 4.69) is 17.0 Å². The molecule has 2 rings (SSSR count). The Morgan fingerprint density at radius 1 is 1.35 bits per heavy atom. The van der Waals surface area contributed by atoms with Crippen LogP contribution in [0.5, 0.6) is 0 Å². The summed E-state index contributed by atoms with van der Waals surface area (Å²) in [6.07, 6.45) is 2.90. The molecule has 1 heterocycles. The minimum Gasteiger partial charge on any atom is -0.292 e. The fraction of sp³-hybridized carbons (Fsp3) is 0.333. The van der Waals surface area contributed by atoms with Gasteiger partial charge in [0, 0.05) is 11.4 Å². The number of unbranched alkanes of at least 4 members (excludes halogenated alkanes) is 1. The summed E-state index contributed by atoms with van der Waals surface area (Å²) in [7, 11) is 0. The van der Waals surface area contributed by atoms with Crippen molar-refractivity contribution < 1.29 is 0 Å². The number of aromatic nitrogens is 3. The van der Waals surface area contributed by atoms with Gasteiger partial charge < -0.3 is 0 Å². The predicted molar refractivity (Wildman–Crippen MR) is 67.8 cm³/mol. The zero-order chi connectivity index (χ0) is 12.3. The van der Waals surface area contributed by atoms with Gasteiger partial charge in [-0.15, -0.1) is 0 Å². The van der Waals surface area contributed by atoms with Crippen molar-refractivity contribution >= 4 is 11.6 Å². The molecule has 1 N–H and O–H groups in total. The fourth-order valence-electron chi connectivity index (χ4n) is 1.58. The van der Waals surface area contributed by atoms with Gasteiger partial charge in [0.2, 0.25) is 0 Å². The van der Waals surface area contributed by atoms with Crippen molar-refractivity contribution in [2.75, 3.05) is 0 Å². The van der Waals surface area contributed by atoms with Gasteiger partial charge in [0.05, 0.1) is 5.69 Å². The lowest BCUT2D eigenvalue weighted by Crippen LogP contribution is -2.15. The van der Waals surface area contributed by atoms with Crippen LogP contribution in [-0.4, -0.2) is 14.8 Å². The topological polar surface area (TPSA) is 50.7 Å². The monoisotopic (exact) mass is 251 g/mol. The van der Waals surface area contributed by atoms with E-state index in [4.69, 9.17) is 11.6 Å². The summed E-state index contributed by atoms with van der Waals surface area (Å²) in [5.74, 6) is 0.729. The Balaban J connectivity index is 2.29. The van der Waals surface area contributed by atoms with E-state index >= 15 is 0 Å². The molecule has 0 aliphatic carbocycles. The molecule has 0 unspecified atom stereocenters. The van der Waals surface area contributed by atoms with E-state index in [1.54, 1.807) is 24.3 Å². The Morgan fingerprint density at radius 2 is 2.06 bits per heavy atom. The first kappa shape index (κ1) is 11.9. The molecule has 90 valence electrons. The zero-order valence-corrected chi connectivity index (χ0v) is 10.4. The van der Waals surface area contributed by atoms with Crippen LogP contribution in [0.2, 0.25) is 5.02 Å². The minimum absolute atomic E-state index is 0.210. The Hall–Kier alpha value is -1.55. The largest absolute Gasteiger partial charge is 0.348 e. The number of benzene rings is 1. The molecule has 0 amide bonds. The molecule has 17 heavy (non-hydrogen) atoms. The van der Waals surface area contributed by atoms with E-state index < -0.39 is 0 Å². The third-order valence-electron chi connectivity index (χ3n) is 2.50. The summed E-state index contributed by atoms with van der Waals surface area (Å²) in [6, 6.07) is 7.02. The highest BCUT2D eigenvalue weighted by Crippen LogP contribution is 2.11. The molecule has 0 atom stereocenters. The smallest absolute Gasteiger partial charge is 0.292 e. The molecular formula is C12H14ClN3O. The van der Waals surface area contributed by atoms with Crippen molar-refractivity contribution in [3.8, 4) is 5.69 Å². The van der Waals surface area contributed by atoms with Crippen molar-refractivity contribution in [3.63, 3.8) is 0 Å². The van der Waals surface area contributed by atoms with Crippen LogP contribution in [0, 0.1) is 0 Å². The number of H-pyrrole nitrogens is 1. The van der Waals surface area contributed by atoms with Crippen LogP contribution < -0.4 is 5.69 Å². The number of nitrogens with one attached hydrogen (secondary N) is 1. The number of hydrogen-bond acceptors (Lipinski definition) is 2. The Bertz CT molecular complexity index is 542. The molecular weight excluding hydrogens is 238 g/mol. The summed E-state index contributed by atoms with van der Waals surface area (Å²) in [5.41, 5.74) is 0.511. The van der Waals surface area contributed by atoms with Crippen LogP contribution in [0.15, 0.2) is 29.1 Å². The second-order valence-electron chi connectivity index (χ2n) is 3.87. The summed E-state index contributed by atoms with van der Waals surface area (Å²) < 4.78 is 1.36. The van der Waals surface area contributed by atoms with E-state index in [0.717, 1.165) is 30.8 Å². The van der Waals surface area contributed by atoms with Gasteiger partial charge in [-0.05, 0) is 30.7 Å². The molecule has 0 radical (unpaired) electrons. The van der Waals surface area contributed by atoms with Gasteiger partial charge in [-0.1, -0.05) is 24.9 Å². The normalized spacial score (nSPS) is 10.7. The van der Waals surface area contributed by atoms with Gasteiger partial charge in [0.25, 0.3) is 0 Å². The molecule has 0 spiro atoms. The quantitative estimate of drug-likeness (QED) is 0.908. The second-order valence-corrected chi connectivity index (χ2v) is 4.31. The van der Waals surface area contributed by atoms with E-state index in [0.29, 0.717) is 5.02 Å². The van der Waals surface area contributed by atoms with Crippen LogP contribution in [0.3, 0.4) is 0 Å². The molecule has 0 fully saturated rings. The first-order chi connectivity index (χ1) is 8.20. The van der Waals surface area contributed by atoms with Crippen molar-refractivity contribution in [3.05, 3.63) is 45.6 Å². The maximum absolute atomic E-state index is 11.7.